The van der Waals surface area contributed by atoms with Gasteiger partial charge in [-0.2, -0.15) is 0 Å². The maximum Gasteiger partial charge on any atom is 0.161 e. The van der Waals surface area contributed by atoms with E-state index < -0.39 is 0 Å². The summed E-state index contributed by atoms with van der Waals surface area (Å²) in [7, 11) is 1.83. The van der Waals surface area contributed by atoms with Crippen molar-refractivity contribution in [2.45, 2.75) is 118 Å². The second kappa shape index (κ2) is 8.18. The fraction of sp³-hybridized carbons (Fsp3) is 0.871. The van der Waals surface area contributed by atoms with E-state index in [1.54, 1.807) is 5.57 Å². The van der Waals surface area contributed by atoms with Crippen LogP contribution in [0.1, 0.15) is 99.8 Å². The van der Waals surface area contributed by atoms with E-state index in [1.165, 1.54) is 37.7 Å². The van der Waals surface area contributed by atoms with Crippen LogP contribution < -0.4 is 0 Å². The molecule has 5 aliphatic rings. The molecule has 0 spiro atoms. The largest absolute Gasteiger partial charge is 0.393 e. The second-order valence-corrected chi connectivity index (χ2v) is 14.2. The summed E-state index contributed by atoms with van der Waals surface area (Å²) in [6, 6.07) is 0. The van der Waals surface area contributed by atoms with Gasteiger partial charge in [0.1, 0.15) is 0 Å². The highest BCUT2D eigenvalue weighted by Gasteiger charge is 2.66. The van der Waals surface area contributed by atoms with Gasteiger partial charge in [-0.1, -0.05) is 57.9 Å². The van der Waals surface area contributed by atoms with E-state index in [0.717, 1.165) is 19.3 Å². The van der Waals surface area contributed by atoms with Crippen molar-refractivity contribution < 1.29 is 14.6 Å². The first-order valence-electron chi connectivity index (χ1n) is 14.1. The predicted molar refractivity (Wildman–Crippen MR) is 138 cm³/mol. The molecule has 1 N–H and O–H groups in total. The number of methoxy groups -OCH3 is 1. The highest BCUT2D eigenvalue weighted by molar-refractivity contribution is 5.33. The molecule has 3 nitrogen and oxygen atoms in total. The summed E-state index contributed by atoms with van der Waals surface area (Å²) in [6.07, 6.45) is 14.5. The number of fused-ring (bicyclic) bond motifs is 5. The normalized spacial score (nSPS) is 51.8. The lowest BCUT2D eigenvalue weighted by Gasteiger charge is -2.64. The van der Waals surface area contributed by atoms with Crippen molar-refractivity contribution in [3.63, 3.8) is 0 Å². The minimum Gasteiger partial charge on any atom is -0.393 e. The van der Waals surface area contributed by atoms with Crippen LogP contribution in [0.4, 0.5) is 0 Å². The molecule has 4 aliphatic carbocycles. The Hall–Kier alpha value is -0.640. The lowest BCUT2D eigenvalue weighted by molar-refractivity contribution is -0.150. The molecule has 0 aromatic carbocycles. The Morgan fingerprint density at radius 2 is 1.79 bits per heavy atom. The Morgan fingerprint density at radius 1 is 1.06 bits per heavy atom. The average molecular weight is 471 g/mol. The molecule has 3 heteroatoms. The van der Waals surface area contributed by atoms with E-state index in [-0.39, 0.29) is 29.3 Å². The molecular formula is C31H50O3. The van der Waals surface area contributed by atoms with Crippen molar-refractivity contribution in [2.75, 3.05) is 7.11 Å². The molecule has 10 unspecified atom stereocenters. The molecule has 10 atom stereocenters. The van der Waals surface area contributed by atoms with Crippen molar-refractivity contribution in [1.82, 2.24) is 0 Å². The minimum atomic E-state index is -0.164. The van der Waals surface area contributed by atoms with Crippen LogP contribution in [-0.4, -0.2) is 30.7 Å². The average Bonchev–Trinajstić information content (AvgIpc) is 3.28. The van der Waals surface area contributed by atoms with Gasteiger partial charge in [0.2, 0.25) is 0 Å². The molecule has 0 aromatic heterocycles. The van der Waals surface area contributed by atoms with Crippen LogP contribution >= 0.6 is 0 Å². The zero-order valence-electron chi connectivity index (χ0n) is 23.1. The highest BCUT2D eigenvalue weighted by atomic mass is 16.7. The number of aliphatic hydroxyl groups is 1. The van der Waals surface area contributed by atoms with E-state index in [1.807, 2.05) is 7.11 Å². The number of aliphatic hydroxyl groups excluding tert-OH is 1. The summed E-state index contributed by atoms with van der Waals surface area (Å²) in [5.41, 5.74) is 3.99. The maximum absolute atomic E-state index is 10.9. The lowest BCUT2D eigenvalue weighted by Crippen LogP contribution is -2.58. The van der Waals surface area contributed by atoms with Gasteiger partial charge in [-0.25, -0.2) is 0 Å². The first-order chi connectivity index (χ1) is 15.9. The van der Waals surface area contributed by atoms with Gasteiger partial charge in [0, 0.05) is 13.0 Å². The minimum absolute atomic E-state index is 0.00169. The molecule has 3 saturated carbocycles. The van der Waals surface area contributed by atoms with Crippen LogP contribution in [0.15, 0.2) is 23.3 Å². The third kappa shape index (κ3) is 3.32. The zero-order chi connectivity index (χ0) is 24.7. The molecule has 0 aromatic rings. The van der Waals surface area contributed by atoms with Crippen molar-refractivity contribution in [3.8, 4) is 0 Å². The molecule has 192 valence electrons. The molecule has 1 heterocycles. The van der Waals surface area contributed by atoms with Crippen LogP contribution in [-0.2, 0) is 9.47 Å². The smallest absolute Gasteiger partial charge is 0.161 e. The Kier molecular flexibility index (Phi) is 6.02. The quantitative estimate of drug-likeness (QED) is 0.440. The van der Waals surface area contributed by atoms with Crippen molar-refractivity contribution in [3.05, 3.63) is 23.3 Å². The van der Waals surface area contributed by atoms with Crippen molar-refractivity contribution in [1.29, 1.82) is 0 Å². The van der Waals surface area contributed by atoms with Crippen LogP contribution in [0.3, 0.4) is 0 Å². The van der Waals surface area contributed by atoms with E-state index in [2.05, 4.69) is 60.6 Å². The van der Waals surface area contributed by atoms with Gasteiger partial charge in [-0.05, 0) is 105 Å². The molecule has 4 fully saturated rings. The number of ether oxygens (including phenoxy) is 2. The number of hydrogen-bond donors (Lipinski definition) is 1. The van der Waals surface area contributed by atoms with E-state index in [9.17, 15) is 5.11 Å². The highest BCUT2D eigenvalue weighted by Crippen LogP contribution is 2.73. The molecule has 0 bridgehead atoms. The molecule has 34 heavy (non-hydrogen) atoms. The Bertz CT molecular complexity index is 868. The van der Waals surface area contributed by atoms with E-state index in [0.29, 0.717) is 34.5 Å². The fourth-order valence-corrected chi connectivity index (χ4v) is 10.2. The zero-order valence-corrected chi connectivity index (χ0v) is 23.1. The third-order valence-electron chi connectivity index (χ3n) is 12.3. The van der Waals surface area contributed by atoms with Gasteiger partial charge in [-0.15, -0.1) is 0 Å². The van der Waals surface area contributed by atoms with Gasteiger partial charge < -0.3 is 14.6 Å². The standard InChI is InChI=1S/C31H50O3/c1-19(2)17-20-18-21(27(33-8)34-20)22-11-15-31(7)24-9-10-25-28(3,4)26(32)13-14-29(25,5)23(24)12-16-30(22,31)6/h9,17,20-23,25-27,32H,10-16,18H2,1-8H3. The van der Waals surface area contributed by atoms with Crippen molar-refractivity contribution in [2.24, 2.45) is 45.3 Å². The fourth-order valence-electron chi connectivity index (χ4n) is 10.2. The first kappa shape index (κ1) is 25.0. The summed E-state index contributed by atoms with van der Waals surface area (Å²) in [5.74, 6) is 2.38. The maximum atomic E-state index is 10.9. The van der Waals surface area contributed by atoms with Crippen LogP contribution in [0.25, 0.3) is 0 Å². The molecule has 0 amide bonds. The van der Waals surface area contributed by atoms with E-state index in [4.69, 9.17) is 9.47 Å². The summed E-state index contributed by atoms with van der Waals surface area (Å²) in [5, 5.41) is 10.9. The third-order valence-corrected chi connectivity index (χ3v) is 12.3. The molecule has 1 aliphatic heterocycles. The van der Waals surface area contributed by atoms with Crippen molar-refractivity contribution >= 4 is 0 Å². The Labute approximate surface area is 208 Å². The summed E-state index contributed by atoms with van der Waals surface area (Å²) < 4.78 is 12.3. The first-order valence-corrected chi connectivity index (χ1v) is 14.1. The number of allylic oxidation sites excluding steroid dienone is 3. The van der Waals surface area contributed by atoms with Gasteiger partial charge >= 0.3 is 0 Å². The number of rotatable bonds is 3. The molecular weight excluding hydrogens is 420 g/mol. The van der Waals surface area contributed by atoms with Crippen LogP contribution in [0, 0.1) is 45.3 Å². The molecule has 0 radical (unpaired) electrons. The van der Waals surface area contributed by atoms with E-state index >= 15 is 0 Å². The Morgan fingerprint density at radius 3 is 2.47 bits per heavy atom. The van der Waals surface area contributed by atoms with Gasteiger partial charge in [0.15, 0.2) is 6.29 Å². The monoisotopic (exact) mass is 470 g/mol. The summed E-state index contributed by atoms with van der Waals surface area (Å²) >= 11 is 0. The topological polar surface area (TPSA) is 38.7 Å². The van der Waals surface area contributed by atoms with Gasteiger partial charge in [-0.3, -0.25) is 0 Å². The van der Waals surface area contributed by atoms with Gasteiger partial charge in [0.25, 0.3) is 0 Å². The molecule has 5 rings (SSSR count). The number of hydrogen-bond acceptors (Lipinski definition) is 3. The van der Waals surface area contributed by atoms with Crippen LogP contribution in [0.2, 0.25) is 0 Å². The SMILES string of the molecule is COC1OC(C=C(C)C)CC1C1CCC2(C)C3=CCC4C(C)(C)C(O)CCC4(C)C3CCC12C. The van der Waals surface area contributed by atoms with Gasteiger partial charge in [0.05, 0.1) is 12.2 Å². The van der Waals surface area contributed by atoms with Crippen LogP contribution in [0.5, 0.6) is 0 Å². The molecule has 1 saturated heterocycles. The second-order valence-electron chi connectivity index (χ2n) is 14.2. The summed E-state index contributed by atoms with van der Waals surface area (Å²) in [6.45, 7) is 16.8. The summed E-state index contributed by atoms with van der Waals surface area (Å²) in [4.78, 5) is 0. The predicted octanol–water partition coefficient (Wildman–Crippen LogP) is 7.30. The Balaban J connectivity index is 1.47. The lowest BCUT2D eigenvalue weighted by atomic mass is 9.41.